The molecule has 1 aromatic heterocycles. The Kier molecular flexibility index (Phi) is 2.30. The van der Waals surface area contributed by atoms with E-state index in [0.717, 1.165) is 0 Å². The normalized spacial score (nSPS) is 15.9. The summed E-state index contributed by atoms with van der Waals surface area (Å²) in [5, 5.41) is 2.82. The average molecular weight is 253 g/mol. The van der Waals surface area contributed by atoms with Crippen LogP contribution >= 0.6 is 11.3 Å². The van der Waals surface area contributed by atoms with Gasteiger partial charge in [-0.05, 0) is 25.0 Å². The van der Waals surface area contributed by atoms with E-state index < -0.39 is 0 Å². The van der Waals surface area contributed by atoms with Crippen molar-refractivity contribution in [2.45, 2.75) is 12.8 Å². The Morgan fingerprint density at radius 3 is 2.50 bits per heavy atom. The number of anilines is 1. The Morgan fingerprint density at radius 1 is 0.833 bits per heavy atom. The van der Waals surface area contributed by atoms with E-state index in [1.165, 1.54) is 51.8 Å². The van der Waals surface area contributed by atoms with Crippen molar-refractivity contribution >= 4 is 37.2 Å². The van der Waals surface area contributed by atoms with Crippen LogP contribution in [0.5, 0.6) is 0 Å². The van der Waals surface area contributed by atoms with Crippen molar-refractivity contribution < 1.29 is 0 Å². The van der Waals surface area contributed by atoms with Crippen LogP contribution in [0.1, 0.15) is 12.8 Å². The number of nitrogens with zero attached hydrogens (tertiary/aromatic N) is 1. The van der Waals surface area contributed by atoms with Gasteiger partial charge < -0.3 is 4.90 Å². The molecule has 90 valence electrons. The number of hydrogen-bond acceptors (Lipinski definition) is 2. The lowest BCUT2D eigenvalue weighted by Gasteiger charge is -2.18. The highest BCUT2D eigenvalue weighted by atomic mass is 32.1. The highest BCUT2D eigenvalue weighted by molar-refractivity contribution is 7.26. The Hall–Kier alpha value is -1.54. The number of rotatable bonds is 1. The Labute approximate surface area is 111 Å². The molecule has 0 amide bonds. The first kappa shape index (κ1) is 10.4. The van der Waals surface area contributed by atoms with Crippen LogP contribution in [-0.4, -0.2) is 13.1 Å². The minimum Gasteiger partial charge on any atom is -0.370 e. The summed E-state index contributed by atoms with van der Waals surface area (Å²) < 4.78 is 2.86. The minimum atomic E-state index is 1.22. The Morgan fingerprint density at radius 2 is 1.61 bits per heavy atom. The van der Waals surface area contributed by atoms with Gasteiger partial charge in [-0.15, -0.1) is 11.3 Å². The van der Waals surface area contributed by atoms with Gasteiger partial charge in [0.2, 0.25) is 0 Å². The van der Waals surface area contributed by atoms with Crippen molar-refractivity contribution in [3.63, 3.8) is 0 Å². The topological polar surface area (TPSA) is 3.24 Å². The van der Waals surface area contributed by atoms with Gasteiger partial charge in [-0.2, -0.15) is 0 Å². The third kappa shape index (κ3) is 1.45. The zero-order valence-corrected chi connectivity index (χ0v) is 11.0. The van der Waals surface area contributed by atoms with Crippen LogP contribution in [0.25, 0.3) is 20.2 Å². The Balaban J connectivity index is 2.03. The maximum absolute atomic E-state index is 2.54. The molecule has 18 heavy (non-hydrogen) atoms. The zero-order valence-electron chi connectivity index (χ0n) is 10.2. The van der Waals surface area contributed by atoms with Gasteiger partial charge >= 0.3 is 0 Å². The van der Waals surface area contributed by atoms with E-state index in [1.54, 1.807) is 0 Å². The minimum absolute atomic E-state index is 1.22. The number of hydrogen-bond donors (Lipinski definition) is 0. The molecule has 1 fully saturated rings. The maximum atomic E-state index is 2.54. The molecule has 0 radical (unpaired) electrons. The monoisotopic (exact) mass is 253 g/mol. The molecule has 0 spiro atoms. The van der Waals surface area contributed by atoms with E-state index in [1.807, 2.05) is 11.3 Å². The average Bonchev–Trinajstić information content (AvgIpc) is 3.05. The maximum Gasteiger partial charge on any atom is 0.0589 e. The van der Waals surface area contributed by atoms with E-state index in [9.17, 15) is 0 Å². The molecule has 1 aliphatic heterocycles. The molecule has 2 heterocycles. The second-order valence-corrected chi connectivity index (χ2v) is 6.00. The van der Waals surface area contributed by atoms with Crippen molar-refractivity contribution in [3.8, 4) is 0 Å². The lowest BCUT2D eigenvalue weighted by Crippen LogP contribution is -2.17. The lowest BCUT2D eigenvalue weighted by atomic mass is 10.1. The van der Waals surface area contributed by atoms with Crippen LogP contribution in [0.2, 0.25) is 0 Å². The van der Waals surface area contributed by atoms with Gasteiger partial charge in [0.15, 0.2) is 0 Å². The summed E-state index contributed by atoms with van der Waals surface area (Å²) in [6, 6.07) is 15.5. The van der Waals surface area contributed by atoms with E-state index in [-0.39, 0.29) is 0 Å². The summed E-state index contributed by atoms with van der Waals surface area (Å²) in [5.41, 5.74) is 1.44. The van der Waals surface area contributed by atoms with Gasteiger partial charge in [-0.3, -0.25) is 0 Å². The highest BCUT2D eigenvalue weighted by Gasteiger charge is 2.16. The number of thiophene rings is 1. The SMILES string of the molecule is c1ccc2c(c1)sc1c(N3CCCC3)cccc12. The van der Waals surface area contributed by atoms with Gasteiger partial charge in [0.25, 0.3) is 0 Å². The quantitative estimate of drug-likeness (QED) is 0.610. The van der Waals surface area contributed by atoms with Crippen LogP contribution in [-0.2, 0) is 0 Å². The molecule has 0 bridgehead atoms. The molecular weight excluding hydrogens is 238 g/mol. The van der Waals surface area contributed by atoms with Crippen LogP contribution in [0.4, 0.5) is 5.69 Å². The fraction of sp³-hybridized carbons (Fsp3) is 0.250. The third-order valence-corrected chi connectivity index (χ3v) is 5.04. The zero-order chi connectivity index (χ0) is 11.9. The standard InChI is InChI=1S/C16H15NS/c1-2-9-15-12(6-1)13-7-5-8-14(16(13)18-15)17-10-3-4-11-17/h1-2,5-9H,3-4,10-11H2. The van der Waals surface area contributed by atoms with Crippen molar-refractivity contribution in [2.75, 3.05) is 18.0 Å². The molecule has 2 heteroatoms. The number of benzene rings is 2. The van der Waals surface area contributed by atoms with E-state index in [0.29, 0.717) is 0 Å². The molecule has 1 saturated heterocycles. The van der Waals surface area contributed by atoms with E-state index in [2.05, 4.69) is 47.4 Å². The Bertz CT molecular complexity index is 707. The molecule has 0 N–H and O–H groups in total. The summed E-state index contributed by atoms with van der Waals surface area (Å²) in [4.78, 5) is 2.54. The van der Waals surface area contributed by atoms with Gasteiger partial charge in [0.1, 0.15) is 0 Å². The first-order chi connectivity index (χ1) is 8.93. The molecule has 0 saturated carbocycles. The summed E-state index contributed by atoms with van der Waals surface area (Å²) in [7, 11) is 0. The predicted molar refractivity (Wildman–Crippen MR) is 80.8 cm³/mol. The molecule has 0 atom stereocenters. The van der Waals surface area contributed by atoms with Crippen LogP contribution in [0.3, 0.4) is 0 Å². The van der Waals surface area contributed by atoms with Gasteiger partial charge in [-0.25, -0.2) is 0 Å². The van der Waals surface area contributed by atoms with Crippen molar-refractivity contribution in [3.05, 3.63) is 42.5 Å². The van der Waals surface area contributed by atoms with Gasteiger partial charge in [0, 0.05) is 28.6 Å². The second kappa shape index (κ2) is 3.99. The van der Waals surface area contributed by atoms with Crippen LogP contribution in [0.15, 0.2) is 42.5 Å². The fourth-order valence-electron chi connectivity index (χ4n) is 2.94. The first-order valence-corrected chi connectivity index (χ1v) is 7.40. The summed E-state index contributed by atoms with van der Waals surface area (Å²) in [5.74, 6) is 0. The van der Waals surface area contributed by atoms with Gasteiger partial charge in [-0.1, -0.05) is 30.3 Å². The van der Waals surface area contributed by atoms with E-state index in [4.69, 9.17) is 0 Å². The highest BCUT2D eigenvalue weighted by Crippen LogP contribution is 2.40. The fourth-order valence-corrected chi connectivity index (χ4v) is 4.18. The number of fused-ring (bicyclic) bond motifs is 3. The molecule has 3 aromatic rings. The summed E-state index contributed by atoms with van der Waals surface area (Å²) in [6.45, 7) is 2.43. The first-order valence-electron chi connectivity index (χ1n) is 6.59. The lowest BCUT2D eigenvalue weighted by molar-refractivity contribution is 0.949. The van der Waals surface area contributed by atoms with E-state index >= 15 is 0 Å². The third-order valence-electron chi connectivity index (χ3n) is 3.83. The largest absolute Gasteiger partial charge is 0.370 e. The molecule has 4 rings (SSSR count). The second-order valence-electron chi connectivity index (χ2n) is 4.95. The molecule has 0 aliphatic carbocycles. The summed E-state index contributed by atoms with van der Waals surface area (Å²) >= 11 is 1.93. The van der Waals surface area contributed by atoms with Gasteiger partial charge in [0.05, 0.1) is 10.4 Å². The van der Waals surface area contributed by atoms with Crippen LogP contribution < -0.4 is 4.90 Å². The molecule has 1 nitrogen and oxygen atoms in total. The predicted octanol–water partition coefficient (Wildman–Crippen LogP) is 4.65. The summed E-state index contributed by atoms with van der Waals surface area (Å²) in [6.07, 6.45) is 2.67. The molecule has 1 aliphatic rings. The van der Waals surface area contributed by atoms with Crippen molar-refractivity contribution in [2.24, 2.45) is 0 Å². The molecular formula is C16H15NS. The van der Waals surface area contributed by atoms with Crippen LogP contribution in [0, 0.1) is 0 Å². The molecule has 0 unspecified atom stereocenters. The van der Waals surface area contributed by atoms with Crippen molar-refractivity contribution in [1.29, 1.82) is 0 Å². The molecule has 2 aromatic carbocycles. The smallest absolute Gasteiger partial charge is 0.0589 e. The van der Waals surface area contributed by atoms with Crippen molar-refractivity contribution in [1.82, 2.24) is 0 Å².